The van der Waals surface area contributed by atoms with Crippen molar-refractivity contribution in [2.75, 3.05) is 40.1 Å². The maximum absolute atomic E-state index is 14.1. The molecular formula is C29H39F3N4O7. The minimum Gasteiger partial charge on any atom is -0.508 e. The zero-order chi connectivity index (χ0) is 32.5. The summed E-state index contributed by atoms with van der Waals surface area (Å²) in [6.07, 6.45) is -6.98. The molecule has 0 spiro atoms. The zero-order valence-electron chi connectivity index (χ0n) is 24.9. The van der Waals surface area contributed by atoms with Crippen LogP contribution < -0.4 is 10.6 Å². The molecule has 1 amide bonds. The number of phenols is 1. The van der Waals surface area contributed by atoms with Crippen molar-refractivity contribution in [3.63, 3.8) is 0 Å². The van der Waals surface area contributed by atoms with Gasteiger partial charge in [0.15, 0.2) is 17.2 Å². The Kier molecular flexibility index (Phi) is 8.41. The highest BCUT2D eigenvalue weighted by molar-refractivity contribution is 6.16. The van der Waals surface area contributed by atoms with Crippen molar-refractivity contribution in [3.05, 3.63) is 34.1 Å². The maximum atomic E-state index is 14.1. The number of carbonyl (C=O) groups excluding carboxylic acids is 3. The average Bonchev–Trinajstić information content (AvgIpc) is 2.86. The third-order valence-electron chi connectivity index (χ3n) is 9.33. The summed E-state index contributed by atoms with van der Waals surface area (Å²) in [5, 5.41) is 45.6. The molecule has 0 saturated heterocycles. The molecular weight excluding hydrogens is 573 g/mol. The number of nitrogens with zero attached hydrogens (tertiary/aromatic N) is 3. The molecule has 6 N–H and O–H groups in total. The van der Waals surface area contributed by atoms with E-state index in [9.17, 15) is 48.0 Å². The van der Waals surface area contributed by atoms with E-state index < -0.39 is 83.1 Å². The van der Waals surface area contributed by atoms with Crippen molar-refractivity contribution in [1.82, 2.24) is 9.80 Å². The number of amides is 1. The molecule has 1 aromatic carbocycles. The fourth-order valence-corrected chi connectivity index (χ4v) is 7.14. The van der Waals surface area contributed by atoms with Gasteiger partial charge in [-0.25, -0.2) is 0 Å². The van der Waals surface area contributed by atoms with Gasteiger partial charge in [0, 0.05) is 55.5 Å². The molecule has 1 fully saturated rings. The highest BCUT2D eigenvalue weighted by Gasteiger charge is 2.66. The van der Waals surface area contributed by atoms with Crippen LogP contribution in [0.5, 0.6) is 5.75 Å². The van der Waals surface area contributed by atoms with Gasteiger partial charge in [-0.2, -0.15) is 13.2 Å². The fourth-order valence-electron chi connectivity index (χ4n) is 7.14. The second kappa shape index (κ2) is 11.1. The van der Waals surface area contributed by atoms with Crippen LogP contribution in [0.2, 0.25) is 0 Å². The van der Waals surface area contributed by atoms with Crippen LogP contribution in [0, 0.1) is 17.8 Å². The minimum atomic E-state index is -4.40. The van der Waals surface area contributed by atoms with Crippen LogP contribution in [0.4, 0.5) is 18.9 Å². The molecule has 0 heterocycles. The van der Waals surface area contributed by atoms with E-state index in [-0.39, 0.29) is 36.1 Å². The lowest BCUT2D eigenvalue weighted by Crippen LogP contribution is -2.71. The summed E-state index contributed by atoms with van der Waals surface area (Å²) in [6, 6.07) is -0.316. The molecule has 4 rings (SSSR count). The smallest absolute Gasteiger partial charge is 0.390 e. The van der Waals surface area contributed by atoms with Crippen LogP contribution in [-0.4, -0.2) is 113 Å². The van der Waals surface area contributed by atoms with Gasteiger partial charge in [-0.15, -0.1) is 0 Å². The quantitative estimate of drug-likeness (QED) is 0.282. The summed E-state index contributed by atoms with van der Waals surface area (Å²) in [7, 11) is 8.04. The topological polar surface area (TPSA) is 168 Å². The minimum absolute atomic E-state index is 0.0225. The summed E-state index contributed by atoms with van der Waals surface area (Å²) in [6.45, 7) is 1.26. The summed E-state index contributed by atoms with van der Waals surface area (Å²) in [4.78, 5) is 44.5. The Labute approximate surface area is 247 Å². The largest absolute Gasteiger partial charge is 0.508 e. The number of aromatic hydroxyl groups is 1. The maximum Gasteiger partial charge on any atom is 0.390 e. The number of halogens is 3. The molecule has 3 aliphatic rings. The molecule has 1 saturated carbocycles. The number of rotatable bonds is 7. The van der Waals surface area contributed by atoms with Gasteiger partial charge in [0.1, 0.15) is 17.4 Å². The first kappa shape index (κ1) is 32.7. The predicted molar refractivity (Wildman–Crippen MR) is 149 cm³/mol. The number of nitrogens with two attached hydrogens (primary N) is 1. The number of likely N-dealkylation sites (N-methyl/N-ethyl adjacent to an activating group) is 1. The molecule has 0 aromatic heterocycles. The first-order chi connectivity index (χ1) is 19.7. The fraction of sp³-hybridized carbons (Fsp3) is 0.621. The first-order valence-corrected chi connectivity index (χ1v) is 13.9. The standard InChI is InChI=1S/C29H39F3N4O7/c1-12(10-28(30,31)32)36(6)11-14-9-17(34(2)3)15-7-13-8-16-21(35(4)5)24(39)20(27(33)42)26(41)29(16,43)25(40)18(13)23(38)19(15)22(14)37/h9,12-13,16,20-21,24,37,39-40,43H,7-8,10-11H2,1-6H3,(H2,33,42)/t12?,13-,16-,20?,21-,24?,29-/m0/s1. The van der Waals surface area contributed by atoms with Gasteiger partial charge in [0.05, 0.1) is 18.1 Å². The van der Waals surface area contributed by atoms with E-state index in [4.69, 9.17) is 5.73 Å². The Balaban J connectivity index is 1.86. The van der Waals surface area contributed by atoms with E-state index in [0.717, 1.165) is 0 Å². The number of ketones is 2. The van der Waals surface area contributed by atoms with E-state index in [1.54, 1.807) is 39.2 Å². The zero-order valence-corrected chi connectivity index (χ0v) is 24.9. The van der Waals surface area contributed by atoms with Gasteiger partial charge in [-0.3, -0.25) is 19.3 Å². The van der Waals surface area contributed by atoms with Crippen LogP contribution in [0.25, 0.3) is 0 Å². The van der Waals surface area contributed by atoms with Crippen LogP contribution in [0.3, 0.4) is 0 Å². The van der Waals surface area contributed by atoms with E-state index in [1.165, 1.54) is 23.8 Å². The number of benzene rings is 1. The Bertz CT molecular complexity index is 1380. The molecule has 0 radical (unpaired) electrons. The van der Waals surface area contributed by atoms with Crippen LogP contribution in [0.1, 0.15) is 41.3 Å². The normalized spacial score (nSPS) is 29.8. The molecule has 11 nitrogen and oxygen atoms in total. The molecule has 3 aliphatic carbocycles. The van der Waals surface area contributed by atoms with Crippen molar-refractivity contribution in [2.24, 2.45) is 23.5 Å². The summed E-state index contributed by atoms with van der Waals surface area (Å²) < 4.78 is 39.1. The van der Waals surface area contributed by atoms with Crippen molar-refractivity contribution in [2.45, 2.75) is 62.7 Å². The second-order valence-electron chi connectivity index (χ2n) is 12.5. The van der Waals surface area contributed by atoms with E-state index in [1.807, 2.05) is 0 Å². The van der Waals surface area contributed by atoms with Gasteiger partial charge >= 0.3 is 6.18 Å². The lowest BCUT2D eigenvalue weighted by Gasteiger charge is -2.53. The third-order valence-corrected chi connectivity index (χ3v) is 9.33. The predicted octanol–water partition coefficient (Wildman–Crippen LogP) is 1.12. The van der Waals surface area contributed by atoms with Crippen molar-refractivity contribution in [1.29, 1.82) is 0 Å². The molecule has 7 atom stereocenters. The Morgan fingerprint density at radius 3 is 2.28 bits per heavy atom. The first-order valence-electron chi connectivity index (χ1n) is 13.9. The number of Topliss-reactive ketones (excluding diaryl/α,β-unsaturated/α-hetero) is 2. The number of phenolic OH excluding ortho intramolecular Hbond substituents is 1. The molecule has 1 aromatic rings. The molecule has 238 valence electrons. The van der Waals surface area contributed by atoms with Crippen molar-refractivity contribution >= 4 is 23.2 Å². The number of aliphatic hydroxyl groups is 3. The number of allylic oxidation sites excluding steroid dienone is 1. The van der Waals surface area contributed by atoms with Crippen LogP contribution >= 0.6 is 0 Å². The lowest BCUT2D eigenvalue weighted by atomic mass is 9.56. The Hall–Kier alpha value is -3.20. The van der Waals surface area contributed by atoms with Gasteiger partial charge in [-0.05, 0) is 58.5 Å². The van der Waals surface area contributed by atoms with Crippen LogP contribution in [0.15, 0.2) is 17.4 Å². The molecule has 0 bridgehead atoms. The van der Waals surface area contributed by atoms with Gasteiger partial charge in [-0.1, -0.05) is 0 Å². The van der Waals surface area contributed by atoms with Gasteiger partial charge < -0.3 is 36.0 Å². The van der Waals surface area contributed by atoms with Crippen LogP contribution in [-0.2, 0) is 22.6 Å². The lowest BCUT2D eigenvalue weighted by molar-refractivity contribution is -0.178. The molecule has 43 heavy (non-hydrogen) atoms. The van der Waals surface area contributed by atoms with Gasteiger partial charge in [0.25, 0.3) is 0 Å². The molecule has 14 heteroatoms. The number of carbonyl (C=O) groups is 3. The third kappa shape index (κ3) is 5.28. The summed E-state index contributed by atoms with van der Waals surface area (Å²) in [5.41, 5.74) is 3.37. The number of hydrogen-bond donors (Lipinski definition) is 5. The van der Waals surface area contributed by atoms with Crippen molar-refractivity contribution in [3.8, 4) is 5.75 Å². The Morgan fingerprint density at radius 1 is 1.16 bits per heavy atom. The van der Waals surface area contributed by atoms with E-state index in [0.29, 0.717) is 11.3 Å². The van der Waals surface area contributed by atoms with E-state index >= 15 is 0 Å². The monoisotopic (exact) mass is 612 g/mol. The highest BCUT2D eigenvalue weighted by Crippen LogP contribution is 2.53. The number of hydrogen-bond acceptors (Lipinski definition) is 10. The molecule has 3 unspecified atom stereocenters. The summed E-state index contributed by atoms with van der Waals surface area (Å²) >= 11 is 0. The second-order valence-corrected chi connectivity index (χ2v) is 12.5. The number of anilines is 1. The Morgan fingerprint density at radius 2 is 1.77 bits per heavy atom. The summed E-state index contributed by atoms with van der Waals surface area (Å²) in [5.74, 6) is -8.38. The number of alkyl halides is 3. The number of aliphatic hydroxyl groups excluding tert-OH is 2. The van der Waals surface area contributed by atoms with Gasteiger partial charge in [0.2, 0.25) is 5.91 Å². The number of fused-ring (bicyclic) bond motifs is 3. The number of primary amides is 1. The highest BCUT2D eigenvalue weighted by atomic mass is 19.4. The average molecular weight is 613 g/mol. The molecule has 0 aliphatic heterocycles. The van der Waals surface area contributed by atoms with Crippen molar-refractivity contribution < 1.29 is 48.0 Å². The SMILES string of the molecule is CC(CC(F)(F)F)N(C)Cc1cc(N(C)C)c2c(c1O)C(=O)C1=C(O)[C@]3(O)C(=O)C(C(N)=O)C(O)[C@@H](N(C)C)[C@@H]3C[C@@H]1C2. The van der Waals surface area contributed by atoms with E-state index in [2.05, 4.69) is 0 Å².